The molecule has 1 heterocycles. The van der Waals surface area contributed by atoms with Crippen molar-refractivity contribution >= 4 is 0 Å². The molecule has 0 amide bonds. The lowest BCUT2D eigenvalue weighted by Crippen LogP contribution is -1.98. The lowest BCUT2D eigenvalue weighted by atomic mass is 11.0. The second kappa shape index (κ2) is 1.01. The van der Waals surface area contributed by atoms with E-state index in [0.717, 1.165) is 4.98 Å². The van der Waals surface area contributed by atoms with Crippen molar-refractivity contribution in [2.75, 3.05) is 0 Å². The Hall–Kier alpha value is -0.990. The number of aromatic nitrogens is 2. The maximum atomic E-state index is 10.1. The molecule has 3 heteroatoms. The van der Waals surface area contributed by atoms with Crippen molar-refractivity contribution < 1.29 is 1.41 Å². The molecule has 2 N–H and O–H groups in total. The largest absolute Gasteiger partial charge is 0.322 e. The minimum Gasteiger partial charge on any atom is -0.313 e. The van der Waals surface area contributed by atoms with Gasteiger partial charge in [-0.25, -0.2) is 4.79 Å². The van der Waals surface area contributed by atoms with E-state index >= 15 is 0 Å². The summed E-state index contributed by atoms with van der Waals surface area (Å²) >= 11 is 0. The molecule has 0 atom stereocenters. The number of rotatable bonds is 0. The van der Waals surface area contributed by atoms with Gasteiger partial charge in [0.05, 0.1) is 0 Å². The molecule has 3 nitrogen and oxygen atoms in total. The van der Waals surface area contributed by atoms with E-state index in [1.54, 1.807) is 0 Å². The number of nitrogens with one attached hydrogen (secondary N) is 2. The van der Waals surface area contributed by atoms with Crippen LogP contribution in [0.3, 0.4) is 0 Å². The van der Waals surface area contributed by atoms with E-state index in [2.05, 4.69) is 4.98 Å². The van der Waals surface area contributed by atoms with E-state index in [9.17, 15) is 4.79 Å². The van der Waals surface area contributed by atoms with Crippen LogP contribution in [0.5, 0.6) is 0 Å². The van der Waals surface area contributed by atoms with E-state index in [-0.39, 0.29) is 0 Å². The molecular formula is C3H4N2O. The fraction of sp³-hybridized carbons (Fsp3) is 0. The van der Waals surface area contributed by atoms with Gasteiger partial charge in [-0.2, -0.15) is 0 Å². The fourth-order valence-corrected chi connectivity index (χ4v) is 0.251. The Balaban J connectivity index is 3.39. The molecule has 0 aliphatic carbocycles. The van der Waals surface area contributed by atoms with Crippen LogP contribution in [0.4, 0.5) is 0 Å². The zero-order chi connectivity index (χ0) is 5.28. The minimum atomic E-state index is -0.403. The van der Waals surface area contributed by atoms with Gasteiger partial charge in [0.15, 0.2) is 1.41 Å². The van der Waals surface area contributed by atoms with Gasteiger partial charge in [0.2, 0.25) is 0 Å². The van der Waals surface area contributed by atoms with E-state index in [1.165, 1.54) is 12.4 Å². The Morgan fingerprint density at radius 2 is 2.67 bits per heavy atom. The van der Waals surface area contributed by atoms with Gasteiger partial charge in [-0.1, -0.05) is 0 Å². The Morgan fingerprint density at radius 3 is 2.83 bits per heavy atom. The van der Waals surface area contributed by atoms with Crippen LogP contribution < -0.4 is 5.69 Å². The zero-order valence-electron chi connectivity index (χ0n) is 4.01. The lowest BCUT2D eigenvalue weighted by molar-refractivity contribution is 1.19. The van der Waals surface area contributed by atoms with Gasteiger partial charge in [0.1, 0.15) is 0 Å². The van der Waals surface area contributed by atoms with Crippen molar-refractivity contribution in [1.82, 2.24) is 9.96 Å². The monoisotopic (exact) mass is 85.0 g/mol. The molecule has 0 aliphatic heterocycles. The molecule has 0 saturated carbocycles. The molecule has 0 unspecified atom stereocenters. The molecule has 0 aliphatic rings. The van der Waals surface area contributed by atoms with Crippen LogP contribution in [-0.4, -0.2) is 9.96 Å². The number of hydrogen-bond donors (Lipinski definition) is 2. The Kier molecular flexibility index (Phi) is 0.374. The van der Waals surface area contributed by atoms with Gasteiger partial charge in [-0.15, -0.1) is 0 Å². The van der Waals surface area contributed by atoms with Crippen molar-refractivity contribution in [3.63, 3.8) is 0 Å². The molecule has 0 saturated heterocycles. The summed E-state index contributed by atoms with van der Waals surface area (Å²) in [5, 5.41) is 0. The van der Waals surface area contributed by atoms with Gasteiger partial charge in [0.25, 0.3) is 0 Å². The topological polar surface area (TPSA) is 48.6 Å². The number of H-pyrrole nitrogens is 2. The molecule has 0 radical (unpaired) electrons. The molecule has 1 rings (SSSR count). The van der Waals surface area contributed by atoms with Crippen molar-refractivity contribution in [2.24, 2.45) is 0 Å². The highest BCUT2D eigenvalue weighted by molar-refractivity contribution is 4.66. The highest BCUT2D eigenvalue weighted by atomic mass is 16.1. The van der Waals surface area contributed by atoms with Crippen LogP contribution in [0.2, 0.25) is 1.41 Å². The Morgan fingerprint density at radius 1 is 1.83 bits per heavy atom. The molecule has 1 aromatic heterocycles. The van der Waals surface area contributed by atoms with Gasteiger partial charge < -0.3 is 9.96 Å². The number of imidazole rings is 1. The standard InChI is InChI=1S/C3H4N2O/c6-3-4-1-2-5-3/h1-2H,(H2,4,5,6)/i/hD. The first-order chi connectivity index (χ1) is 3.30. The van der Waals surface area contributed by atoms with Gasteiger partial charge in [-0.05, 0) is 0 Å². The average Bonchev–Trinajstić information content (AvgIpc) is 1.91. The smallest absolute Gasteiger partial charge is 0.313 e. The minimum absolute atomic E-state index is 0.403. The van der Waals surface area contributed by atoms with Crippen LogP contribution in [0, 0.1) is 0 Å². The van der Waals surface area contributed by atoms with Gasteiger partial charge in [-0.3, -0.25) is 0 Å². The third-order valence-electron chi connectivity index (χ3n) is 0.473. The molecule has 0 fully saturated rings. The normalized spacial score (nSPS) is 11.0. The van der Waals surface area contributed by atoms with Crippen molar-refractivity contribution in [1.29, 1.82) is 0 Å². The van der Waals surface area contributed by atoms with E-state index in [4.69, 9.17) is 1.41 Å². The highest BCUT2D eigenvalue weighted by Gasteiger charge is 1.69. The predicted octanol–water partition coefficient (Wildman–Crippen LogP) is -0.297. The molecule has 0 aromatic carbocycles. The van der Waals surface area contributed by atoms with Crippen molar-refractivity contribution in [3.05, 3.63) is 22.9 Å². The third kappa shape index (κ3) is 0.337. The van der Waals surface area contributed by atoms with E-state index < -0.39 is 5.69 Å². The molecular weight excluding hydrogens is 80.0 g/mol. The summed E-state index contributed by atoms with van der Waals surface area (Å²) in [5.41, 5.74) is -0.403. The predicted molar refractivity (Wildman–Crippen MR) is 21.4 cm³/mol. The Labute approximate surface area is 35.5 Å². The summed E-state index contributed by atoms with van der Waals surface area (Å²) in [5.74, 6) is 0. The fourth-order valence-electron chi connectivity index (χ4n) is 0.251. The number of aromatic amines is 2. The van der Waals surface area contributed by atoms with Crippen LogP contribution >= 0.6 is 0 Å². The highest BCUT2D eigenvalue weighted by Crippen LogP contribution is 1.54. The first kappa shape index (κ1) is 2.23. The maximum Gasteiger partial charge on any atom is 0.322 e. The van der Waals surface area contributed by atoms with Gasteiger partial charge in [0, 0.05) is 12.4 Å². The molecule has 0 bridgehead atoms. The third-order valence-corrected chi connectivity index (χ3v) is 0.473. The summed E-state index contributed by atoms with van der Waals surface area (Å²) in [6, 6.07) is 0. The quantitative estimate of drug-likeness (QED) is 0.446. The van der Waals surface area contributed by atoms with Crippen molar-refractivity contribution in [3.8, 4) is 0 Å². The summed E-state index contributed by atoms with van der Waals surface area (Å²) in [7, 11) is 0. The first-order valence-electron chi connectivity index (χ1n) is 2.01. The van der Waals surface area contributed by atoms with Crippen molar-refractivity contribution in [2.45, 2.75) is 0 Å². The van der Waals surface area contributed by atoms with Gasteiger partial charge >= 0.3 is 5.69 Å². The summed E-state index contributed by atoms with van der Waals surface area (Å²) in [6.07, 6.45) is 2.75. The van der Waals surface area contributed by atoms with Crippen LogP contribution in [0.15, 0.2) is 17.2 Å². The summed E-state index contributed by atoms with van der Waals surface area (Å²) in [4.78, 5) is 13.1. The second-order valence-electron chi connectivity index (χ2n) is 0.894. The Bertz CT molecular complexity index is 201. The lowest BCUT2D eigenvalue weighted by Gasteiger charge is -1.52. The summed E-state index contributed by atoms with van der Waals surface area (Å²) in [6.45, 7) is 0. The zero-order valence-corrected chi connectivity index (χ0v) is 3.01. The molecule has 1 aromatic rings. The molecule has 0 spiro atoms. The van der Waals surface area contributed by atoms with Crippen LogP contribution in [0.1, 0.15) is 0 Å². The van der Waals surface area contributed by atoms with E-state index in [0.29, 0.717) is 0 Å². The second-order valence-corrected chi connectivity index (χ2v) is 0.894. The average molecular weight is 85.1 g/mol. The SMILES string of the molecule is [2H]n1cc[nH]c1=O. The van der Waals surface area contributed by atoms with Crippen LogP contribution in [-0.2, 0) is 0 Å². The molecule has 32 valence electrons. The number of hydrogen-bond acceptors (Lipinski definition) is 1. The summed E-state index contributed by atoms with van der Waals surface area (Å²) < 4.78 is 6.67. The van der Waals surface area contributed by atoms with Crippen LogP contribution in [0.25, 0.3) is 0 Å². The first-order valence-corrected chi connectivity index (χ1v) is 1.56. The van der Waals surface area contributed by atoms with E-state index in [1.807, 2.05) is 0 Å². The maximum absolute atomic E-state index is 10.1. The molecule has 6 heavy (non-hydrogen) atoms.